The molecular formula is C26H31NO5. The first-order valence-electron chi connectivity index (χ1n) is 11.0. The van der Waals surface area contributed by atoms with E-state index in [1.807, 2.05) is 60.7 Å². The molecule has 0 radical (unpaired) electrons. The number of Topliss-reactive ketones (excluding diaryl/α,β-unsaturated/α-hetero) is 1. The maximum Gasteiger partial charge on any atom is 0.410 e. The average Bonchev–Trinajstić information content (AvgIpc) is 3.21. The van der Waals surface area contributed by atoms with Gasteiger partial charge in [0.25, 0.3) is 0 Å². The molecule has 3 rings (SSSR count). The third kappa shape index (κ3) is 6.69. The zero-order valence-electron chi connectivity index (χ0n) is 18.8. The predicted molar refractivity (Wildman–Crippen MR) is 122 cm³/mol. The maximum absolute atomic E-state index is 12.6. The van der Waals surface area contributed by atoms with Crippen LogP contribution in [0.3, 0.4) is 0 Å². The summed E-state index contributed by atoms with van der Waals surface area (Å²) >= 11 is 0. The van der Waals surface area contributed by atoms with E-state index in [4.69, 9.17) is 14.2 Å². The summed E-state index contributed by atoms with van der Waals surface area (Å²) in [6.07, 6.45) is 3.26. The molecule has 0 N–H and O–H groups in total. The van der Waals surface area contributed by atoms with Crippen molar-refractivity contribution >= 4 is 11.9 Å². The molecule has 32 heavy (non-hydrogen) atoms. The number of nitrogens with zero attached hydrogens (tertiary/aromatic N) is 1. The van der Waals surface area contributed by atoms with Crippen molar-refractivity contribution in [3.05, 3.63) is 77.4 Å². The van der Waals surface area contributed by atoms with E-state index in [9.17, 15) is 9.59 Å². The van der Waals surface area contributed by atoms with Gasteiger partial charge in [0.05, 0.1) is 26.4 Å². The molecule has 1 aliphatic rings. The van der Waals surface area contributed by atoms with E-state index in [2.05, 4.69) is 6.92 Å². The molecule has 0 spiro atoms. The van der Waals surface area contributed by atoms with Crippen LogP contribution in [0.5, 0.6) is 5.75 Å². The van der Waals surface area contributed by atoms with Crippen LogP contribution < -0.4 is 4.74 Å². The van der Waals surface area contributed by atoms with E-state index >= 15 is 0 Å². The molecule has 6 nitrogen and oxygen atoms in total. The molecule has 170 valence electrons. The molecule has 1 aliphatic heterocycles. The molecule has 1 amide bonds. The second kappa shape index (κ2) is 12.1. The first-order valence-corrected chi connectivity index (χ1v) is 11.0. The number of benzene rings is 2. The van der Waals surface area contributed by atoms with Gasteiger partial charge in [-0.3, -0.25) is 9.69 Å². The molecule has 1 atom stereocenters. The minimum Gasteiger partial charge on any atom is -0.497 e. The van der Waals surface area contributed by atoms with E-state index in [1.54, 1.807) is 12.0 Å². The van der Waals surface area contributed by atoms with Gasteiger partial charge in [0.2, 0.25) is 0 Å². The van der Waals surface area contributed by atoms with E-state index in [0.29, 0.717) is 32.6 Å². The monoisotopic (exact) mass is 437 g/mol. The predicted octanol–water partition coefficient (Wildman–Crippen LogP) is 4.92. The van der Waals surface area contributed by atoms with Crippen LogP contribution in [0, 0.1) is 0 Å². The van der Waals surface area contributed by atoms with Gasteiger partial charge in [-0.1, -0.05) is 55.5 Å². The van der Waals surface area contributed by atoms with Crippen LogP contribution in [0.1, 0.15) is 37.3 Å². The Morgan fingerprint density at radius 1 is 1.06 bits per heavy atom. The van der Waals surface area contributed by atoms with Crippen LogP contribution in [0.25, 0.3) is 0 Å². The lowest BCUT2D eigenvalue weighted by Crippen LogP contribution is -2.38. The summed E-state index contributed by atoms with van der Waals surface area (Å²) in [7, 11) is 1.64. The lowest BCUT2D eigenvalue weighted by molar-refractivity contribution is -0.119. The molecule has 1 fully saturated rings. The van der Waals surface area contributed by atoms with Crippen molar-refractivity contribution in [2.45, 2.75) is 45.4 Å². The summed E-state index contributed by atoms with van der Waals surface area (Å²) in [6, 6.07) is 16.8. The Hall–Kier alpha value is -3.12. The highest BCUT2D eigenvalue weighted by Crippen LogP contribution is 2.21. The van der Waals surface area contributed by atoms with Gasteiger partial charge in [0.1, 0.15) is 12.4 Å². The Morgan fingerprint density at radius 2 is 1.78 bits per heavy atom. The zero-order chi connectivity index (χ0) is 22.8. The number of likely N-dealkylation sites (tertiary alicyclic amines) is 1. The van der Waals surface area contributed by atoms with Gasteiger partial charge in [-0.05, 0) is 41.7 Å². The minimum absolute atomic E-state index is 0.0764. The molecule has 0 aliphatic carbocycles. The fourth-order valence-corrected chi connectivity index (χ4v) is 3.61. The molecule has 2 aromatic carbocycles. The normalized spacial score (nSPS) is 16.3. The number of amides is 1. The minimum atomic E-state index is -0.471. The third-order valence-electron chi connectivity index (χ3n) is 5.59. The van der Waals surface area contributed by atoms with Crippen LogP contribution in [0.2, 0.25) is 0 Å². The number of hydrogen-bond acceptors (Lipinski definition) is 5. The van der Waals surface area contributed by atoms with Gasteiger partial charge < -0.3 is 14.2 Å². The van der Waals surface area contributed by atoms with Gasteiger partial charge in [-0.25, -0.2) is 4.79 Å². The quantitative estimate of drug-likeness (QED) is 0.494. The fraction of sp³-hybridized carbons (Fsp3) is 0.385. The SMILES string of the molecule is CC/C(=C\CC1C(=O)CCN1C(=O)OCc1ccccc1)COCc1ccc(OC)cc1. The molecule has 1 unspecified atom stereocenters. The van der Waals surface area contributed by atoms with Crippen molar-refractivity contribution in [3.63, 3.8) is 0 Å². The fourth-order valence-electron chi connectivity index (χ4n) is 3.61. The molecule has 6 heteroatoms. The summed E-state index contributed by atoms with van der Waals surface area (Å²) in [4.78, 5) is 26.5. The molecular weight excluding hydrogens is 406 g/mol. The van der Waals surface area contributed by atoms with E-state index in [-0.39, 0.29) is 12.4 Å². The van der Waals surface area contributed by atoms with Gasteiger partial charge in [0.15, 0.2) is 5.78 Å². The van der Waals surface area contributed by atoms with Gasteiger partial charge in [-0.2, -0.15) is 0 Å². The van der Waals surface area contributed by atoms with Crippen LogP contribution >= 0.6 is 0 Å². The van der Waals surface area contributed by atoms with Crippen LogP contribution in [-0.4, -0.2) is 43.1 Å². The second-order valence-corrected chi connectivity index (χ2v) is 7.76. The number of carbonyl (C=O) groups is 2. The van der Waals surface area contributed by atoms with Crippen molar-refractivity contribution in [3.8, 4) is 5.75 Å². The number of hydrogen-bond donors (Lipinski definition) is 0. The van der Waals surface area contributed by atoms with Crippen molar-refractivity contribution in [2.75, 3.05) is 20.3 Å². The van der Waals surface area contributed by atoms with Gasteiger partial charge in [0, 0.05) is 13.0 Å². The third-order valence-corrected chi connectivity index (χ3v) is 5.59. The summed E-state index contributed by atoms with van der Waals surface area (Å²) in [6.45, 7) is 3.65. The number of ketones is 1. The number of methoxy groups -OCH3 is 1. The molecule has 2 aromatic rings. The van der Waals surface area contributed by atoms with Crippen LogP contribution in [-0.2, 0) is 27.5 Å². The largest absolute Gasteiger partial charge is 0.497 e. The summed E-state index contributed by atoms with van der Waals surface area (Å²) in [5, 5.41) is 0. The second-order valence-electron chi connectivity index (χ2n) is 7.76. The van der Waals surface area contributed by atoms with Crippen molar-refractivity contribution in [2.24, 2.45) is 0 Å². The Morgan fingerprint density at radius 3 is 2.47 bits per heavy atom. The summed E-state index contributed by atoms with van der Waals surface area (Å²) in [5.41, 5.74) is 3.10. The Labute approximate surface area is 189 Å². The van der Waals surface area contributed by atoms with E-state index in [0.717, 1.165) is 28.9 Å². The van der Waals surface area contributed by atoms with Crippen LogP contribution in [0.15, 0.2) is 66.2 Å². The first kappa shape index (κ1) is 23.5. The molecule has 0 bridgehead atoms. The highest BCUT2D eigenvalue weighted by Gasteiger charge is 2.35. The van der Waals surface area contributed by atoms with Crippen molar-refractivity contribution < 1.29 is 23.8 Å². The van der Waals surface area contributed by atoms with Crippen molar-refractivity contribution in [1.29, 1.82) is 0 Å². The average molecular weight is 438 g/mol. The highest BCUT2D eigenvalue weighted by atomic mass is 16.6. The number of carbonyl (C=O) groups excluding carboxylic acids is 2. The zero-order valence-corrected chi connectivity index (χ0v) is 18.8. The molecule has 0 aromatic heterocycles. The Bertz CT molecular complexity index is 908. The van der Waals surface area contributed by atoms with Gasteiger partial charge >= 0.3 is 6.09 Å². The highest BCUT2D eigenvalue weighted by molar-refractivity contribution is 5.90. The summed E-state index contributed by atoms with van der Waals surface area (Å²) < 4.78 is 16.5. The van der Waals surface area contributed by atoms with Crippen LogP contribution in [0.4, 0.5) is 4.79 Å². The lowest BCUT2D eigenvalue weighted by Gasteiger charge is -2.22. The van der Waals surface area contributed by atoms with Gasteiger partial charge in [-0.15, -0.1) is 0 Å². The molecule has 0 saturated carbocycles. The molecule has 1 heterocycles. The first-order chi connectivity index (χ1) is 15.6. The Kier molecular flexibility index (Phi) is 8.87. The standard InChI is InChI=1S/C26H31NO5/c1-3-20(17-31-18-22-9-12-23(30-2)13-10-22)11-14-24-25(28)15-16-27(24)26(29)32-19-21-7-5-4-6-8-21/h4-13,24H,3,14-19H2,1-2H3/b20-11+. The van der Waals surface area contributed by atoms with Crippen molar-refractivity contribution in [1.82, 2.24) is 4.90 Å². The van der Waals surface area contributed by atoms with E-state index < -0.39 is 12.1 Å². The smallest absolute Gasteiger partial charge is 0.410 e. The van der Waals surface area contributed by atoms with E-state index in [1.165, 1.54) is 0 Å². The lowest BCUT2D eigenvalue weighted by atomic mass is 10.1. The number of ether oxygens (including phenoxy) is 3. The maximum atomic E-state index is 12.6. The topological polar surface area (TPSA) is 65.1 Å². The Balaban J connectivity index is 1.50. The summed E-state index contributed by atoms with van der Waals surface area (Å²) in [5.74, 6) is 0.892. The molecule has 1 saturated heterocycles. The number of rotatable bonds is 10.